The molecular formula is C22H27FN2O5S. The summed E-state index contributed by atoms with van der Waals surface area (Å²) in [6.07, 6.45) is 0.607. The third-order valence-corrected chi connectivity index (χ3v) is 7.69. The molecule has 0 aliphatic carbocycles. The molecule has 0 amide bonds. The number of hydrogen-bond donors (Lipinski definition) is 0. The van der Waals surface area contributed by atoms with Crippen LogP contribution in [0, 0.1) is 25.6 Å². The Bertz CT molecular complexity index is 1070. The summed E-state index contributed by atoms with van der Waals surface area (Å²) in [7, 11) is -3.74. The summed E-state index contributed by atoms with van der Waals surface area (Å²) in [5.74, 6) is -1.71. The Labute approximate surface area is 181 Å². The van der Waals surface area contributed by atoms with E-state index in [0.717, 1.165) is 30.1 Å². The Morgan fingerprint density at radius 2 is 1.74 bits per heavy atom. The molecule has 2 aromatic rings. The molecule has 0 unspecified atom stereocenters. The molecular weight excluding hydrogens is 423 g/mol. The lowest BCUT2D eigenvalue weighted by Gasteiger charge is -2.30. The average molecular weight is 451 g/mol. The number of benzene rings is 1. The van der Waals surface area contributed by atoms with E-state index in [0.29, 0.717) is 18.4 Å². The zero-order valence-corrected chi connectivity index (χ0v) is 18.7. The first-order valence-corrected chi connectivity index (χ1v) is 11.7. The van der Waals surface area contributed by atoms with E-state index in [9.17, 15) is 22.4 Å². The smallest absolute Gasteiger partial charge is 0.309 e. The molecule has 0 atom stereocenters. The third kappa shape index (κ3) is 4.88. The van der Waals surface area contributed by atoms with Crippen LogP contribution in [0.5, 0.6) is 0 Å². The van der Waals surface area contributed by atoms with Gasteiger partial charge in [-0.1, -0.05) is 0 Å². The van der Waals surface area contributed by atoms with Crippen molar-refractivity contribution in [1.82, 2.24) is 8.87 Å². The van der Waals surface area contributed by atoms with Crippen LogP contribution in [-0.4, -0.2) is 48.7 Å². The number of esters is 1. The van der Waals surface area contributed by atoms with E-state index in [2.05, 4.69) is 0 Å². The fraction of sp³-hybridized carbons (Fsp3) is 0.455. The maximum absolute atomic E-state index is 13.1. The van der Waals surface area contributed by atoms with E-state index in [-0.39, 0.29) is 30.4 Å². The molecule has 1 aromatic carbocycles. The molecule has 1 aliphatic heterocycles. The largest absolute Gasteiger partial charge is 0.457 e. The quantitative estimate of drug-likeness (QED) is 0.478. The van der Waals surface area contributed by atoms with Gasteiger partial charge in [0.05, 0.1) is 10.8 Å². The van der Waals surface area contributed by atoms with Crippen molar-refractivity contribution in [3.63, 3.8) is 0 Å². The van der Waals surface area contributed by atoms with Crippen molar-refractivity contribution >= 4 is 21.8 Å². The first kappa shape index (κ1) is 23.1. The second-order valence-corrected chi connectivity index (χ2v) is 9.63. The van der Waals surface area contributed by atoms with Gasteiger partial charge in [-0.25, -0.2) is 12.8 Å². The van der Waals surface area contributed by atoms with E-state index < -0.39 is 27.7 Å². The molecule has 0 radical (unpaired) electrons. The Morgan fingerprint density at radius 3 is 2.29 bits per heavy atom. The van der Waals surface area contributed by atoms with Crippen molar-refractivity contribution in [1.29, 1.82) is 0 Å². The van der Waals surface area contributed by atoms with Crippen LogP contribution in [0.4, 0.5) is 4.39 Å². The zero-order chi connectivity index (χ0) is 22.8. The fourth-order valence-electron chi connectivity index (χ4n) is 3.99. The number of aromatic nitrogens is 1. The maximum Gasteiger partial charge on any atom is 0.309 e. The second kappa shape index (κ2) is 9.32. The summed E-state index contributed by atoms with van der Waals surface area (Å²) in [5, 5.41) is 0. The summed E-state index contributed by atoms with van der Waals surface area (Å²) in [6.45, 7) is 6.52. The van der Waals surface area contributed by atoms with Crippen molar-refractivity contribution in [2.75, 3.05) is 19.7 Å². The highest BCUT2D eigenvalue weighted by atomic mass is 32.2. The Kier molecular flexibility index (Phi) is 6.96. The van der Waals surface area contributed by atoms with E-state index >= 15 is 0 Å². The number of Topliss-reactive ketones (excluding diaryl/α,β-unsaturated/α-hetero) is 1. The van der Waals surface area contributed by atoms with Crippen LogP contribution in [0.25, 0.3) is 0 Å². The van der Waals surface area contributed by atoms with Gasteiger partial charge < -0.3 is 9.30 Å². The Balaban J connectivity index is 1.54. The number of rotatable bonds is 7. The molecule has 1 saturated heterocycles. The van der Waals surface area contributed by atoms with Crippen LogP contribution in [0.15, 0.2) is 35.2 Å². The zero-order valence-electron chi connectivity index (χ0n) is 17.9. The average Bonchev–Trinajstić information content (AvgIpc) is 3.05. The van der Waals surface area contributed by atoms with Gasteiger partial charge in [0.15, 0.2) is 6.61 Å². The van der Waals surface area contributed by atoms with Gasteiger partial charge in [0.25, 0.3) is 0 Å². The lowest BCUT2D eigenvalue weighted by atomic mass is 9.98. The van der Waals surface area contributed by atoms with Crippen LogP contribution in [-0.2, 0) is 26.1 Å². The van der Waals surface area contributed by atoms with Crippen LogP contribution >= 0.6 is 0 Å². The number of carbonyl (C=O) groups is 2. The number of carbonyl (C=O) groups excluding carboxylic acids is 2. The number of halogens is 1. The van der Waals surface area contributed by atoms with E-state index in [1.165, 1.54) is 16.4 Å². The topological polar surface area (TPSA) is 85.7 Å². The van der Waals surface area contributed by atoms with Gasteiger partial charge in [0.1, 0.15) is 5.82 Å². The summed E-state index contributed by atoms with van der Waals surface area (Å²) in [6, 6.07) is 6.46. The highest BCUT2D eigenvalue weighted by molar-refractivity contribution is 7.89. The minimum absolute atomic E-state index is 0.0187. The van der Waals surface area contributed by atoms with Crippen molar-refractivity contribution in [3.05, 3.63) is 53.1 Å². The standard InChI is InChI=1S/C22H27FN2O5S/c1-4-25-15(2)13-20(16(25)3)21(26)14-30-22(27)17-9-11-24(12-10-17)31(28,29)19-7-5-18(23)6-8-19/h5-8,13,17H,4,9-12,14H2,1-3H3. The number of sulfonamides is 1. The number of nitrogens with zero attached hydrogens (tertiary/aromatic N) is 2. The monoisotopic (exact) mass is 450 g/mol. The molecule has 31 heavy (non-hydrogen) atoms. The van der Waals surface area contributed by atoms with Gasteiger partial charge in [-0.2, -0.15) is 4.31 Å². The Morgan fingerprint density at radius 1 is 1.13 bits per heavy atom. The first-order valence-electron chi connectivity index (χ1n) is 10.3. The highest BCUT2D eigenvalue weighted by Gasteiger charge is 2.33. The van der Waals surface area contributed by atoms with Crippen molar-refractivity contribution in [3.8, 4) is 0 Å². The number of ether oxygens (including phenoxy) is 1. The molecule has 168 valence electrons. The summed E-state index contributed by atoms with van der Waals surface area (Å²) < 4.78 is 47.0. The molecule has 2 heterocycles. The third-order valence-electron chi connectivity index (χ3n) is 5.77. The molecule has 0 bridgehead atoms. The van der Waals surface area contributed by atoms with Crippen molar-refractivity contribution in [2.45, 2.75) is 45.1 Å². The SMILES string of the molecule is CCn1c(C)cc(C(=O)COC(=O)C2CCN(S(=O)(=O)c3ccc(F)cc3)CC2)c1C. The molecule has 1 aromatic heterocycles. The normalized spacial score (nSPS) is 15.7. The lowest BCUT2D eigenvalue weighted by Crippen LogP contribution is -2.40. The maximum atomic E-state index is 13.1. The molecule has 9 heteroatoms. The predicted octanol–water partition coefficient (Wildman–Crippen LogP) is 3.09. The minimum atomic E-state index is -3.74. The number of ketones is 1. The Hall–Kier alpha value is -2.52. The van der Waals surface area contributed by atoms with Crippen LogP contribution in [0.1, 0.15) is 41.5 Å². The summed E-state index contributed by atoms with van der Waals surface area (Å²) in [4.78, 5) is 24.9. The van der Waals surface area contributed by atoms with Gasteiger partial charge in [0, 0.05) is 36.6 Å². The summed E-state index contributed by atoms with van der Waals surface area (Å²) >= 11 is 0. The molecule has 7 nitrogen and oxygen atoms in total. The van der Waals surface area contributed by atoms with Crippen LogP contribution in [0.3, 0.4) is 0 Å². The van der Waals surface area contributed by atoms with Gasteiger partial charge in [0.2, 0.25) is 15.8 Å². The highest BCUT2D eigenvalue weighted by Crippen LogP contribution is 2.25. The molecule has 3 rings (SSSR count). The predicted molar refractivity (Wildman–Crippen MR) is 113 cm³/mol. The molecule has 0 spiro atoms. The van der Waals surface area contributed by atoms with E-state index in [1.54, 1.807) is 6.07 Å². The number of hydrogen-bond acceptors (Lipinski definition) is 5. The van der Waals surface area contributed by atoms with Gasteiger partial charge >= 0.3 is 5.97 Å². The summed E-state index contributed by atoms with van der Waals surface area (Å²) in [5.41, 5.74) is 2.37. The molecule has 1 aliphatic rings. The van der Waals surface area contributed by atoms with Crippen molar-refractivity contribution < 1.29 is 27.1 Å². The minimum Gasteiger partial charge on any atom is -0.457 e. The lowest BCUT2D eigenvalue weighted by molar-refractivity contribution is -0.148. The number of piperidine rings is 1. The molecule has 1 fully saturated rings. The van der Waals surface area contributed by atoms with Crippen LogP contribution < -0.4 is 0 Å². The van der Waals surface area contributed by atoms with Gasteiger partial charge in [-0.05, 0) is 63.9 Å². The first-order chi connectivity index (χ1) is 14.6. The molecule has 0 saturated carbocycles. The van der Waals surface area contributed by atoms with E-state index in [4.69, 9.17) is 4.74 Å². The molecule has 0 N–H and O–H groups in total. The van der Waals surface area contributed by atoms with Crippen LogP contribution in [0.2, 0.25) is 0 Å². The van der Waals surface area contributed by atoms with E-state index in [1.807, 2.05) is 25.3 Å². The van der Waals surface area contributed by atoms with Gasteiger partial charge in [-0.3, -0.25) is 9.59 Å². The van der Waals surface area contributed by atoms with Crippen molar-refractivity contribution in [2.24, 2.45) is 5.92 Å². The number of aryl methyl sites for hydroxylation is 1. The van der Waals surface area contributed by atoms with Gasteiger partial charge in [-0.15, -0.1) is 0 Å². The second-order valence-electron chi connectivity index (χ2n) is 7.69. The fourth-order valence-corrected chi connectivity index (χ4v) is 5.46.